The van der Waals surface area contributed by atoms with Crippen molar-refractivity contribution in [3.8, 4) is 0 Å². The third-order valence-electron chi connectivity index (χ3n) is 2.99. The highest BCUT2D eigenvalue weighted by Gasteiger charge is 2.21. The molecule has 0 fully saturated rings. The van der Waals surface area contributed by atoms with E-state index in [0.29, 0.717) is 18.1 Å². The molecule has 0 aliphatic carbocycles. The van der Waals surface area contributed by atoms with Crippen LogP contribution in [0.2, 0.25) is 0 Å². The largest absolute Gasteiger partial charge is 0.312 e. The minimum atomic E-state index is -0.445. The van der Waals surface area contributed by atoms with Gasteiger partial charge in [0.1, 0.15) is 11.6 Å². The van der Waals surface area contributed by atoms with E-state index in [-0.39, 0.29) is 5.91 Å². The molecule has 7 heteroatoms. The number of H-pyrrole nitrogens is 1. The lowest BCUT2D eigenvalue weighted by molar-refractivity contribution is 0.102. The van der Waals surface area contributed by atoms with Crippen molar-refractivity contribution < 1.29 is 9.18 Å². The van der Waals surface area contributed by atoms with E-state index in [0.717, 1.165) is 30.4 Å². The number of amides is 1. The Hall–Kier alpha value is -2.28. The van der Waals surface area contributed by atoms with Crippen LogP contribution < -0.4 is 10.6 Å². The zero-order valence-electron chi connectivity index (χ0n) is 10.0. The SMILES string of the molecule is O=C(Nc1ccc(F)cn1)c1n[nH]c2c1CNCC2. The summed E-state index contributed by atoms with van der Waals surface area (Å²) >= 11 is 0. The average Bonchev–Trinajstić information content (AvgIpc) is 2.85. The van der Waals surface area contributed by atoms with Gasteiger partial charge < -0.3 is 10.6 Å². The van der Waals surface area contributed by atoms with Crippen molar-refractivity contribution in [2.45, 2.75) is 13.0 Å². The molecule has 0 aromatic carbocycles. The normalized spacial score (nSPS) is 13.9. The van der Waals surface area contributed by atoms with Gasteiger partial charge in [0.05, 0.1) is 6.20 Å². The number of hydrogen-bond donors (Lipinski definition) is 3. The average molecular weight is 261 g/mol. The Morgan fingerprint density at radius 2 is 2.32 bits per heavy atom. The Labute approximate surface area is 108 Å². The van der Waals surface area contributed by atoms with Gasteiger partial charge in [0.15, 0.2) is 5.69 Å². The summed E-state index contributed by atoms with van der Waals surface area (Å²) in [4.78, 5) is 15.9. The van der Waals surface area contributed by atoms with Crippen LogP contribution in [0.4, 0.5) is 10.2 Å². The number of carbonyl (C=O) groups is 1. The number of hydrogen-bond acceptors (Lipinski definition) is 4. The number of pyridine rings is 1. The first-order valence-electron chi connectivity index (χ1n) is 5.94. The predicted molar refractivity (Wildman–Crippen MR) is 66.1 cm³/mol. The Morgan fingerprint density at radius 3 is 3.11 bits per heavy atom. The maximum Gasteiger partial charge on any atom is 0.277 e. The monoisotopic (exact) mass is 261 g/mol. The lowest BCUT2D eigenvalue weighted by Crippen LogP contribution is -2.25. The van der Waals surface area contributed by atoms with Crippen LogP contribution in [0.3, 0.4) is 0 Å². The van der Waals surface area contributed by atoms with Crippen LogP contribution in [0, 0.1) is 5.82 Å². The first-order valence-corrected chi connectivity index (χ1v) is 5.94. The quantitative estimate of drug-likeness (QED) is 0.748. The fraction of sp³-hybridized carbons (Fsp3) is 0.250. The molecule has 3 rings (SSSR count). The molecule has 0 radical (unpaired) electrons. The van der Waals surface area contributed by atoms with Gasteiger partial charge in [0, 0.05) is 30.8 Å². The van der Waals surface area contributed by atoms with Crippen molar-refractivity contribution in [2.75, 3.05) is 11.9 Å². The van der Waals surface area contributed by atoms with Gasteiger partial charge in [0.2, 0.25) is 0 Å². The molecule has 19 heavy (non-hydrogen) atoms. The van der Waals surface area contributed by atoms with Crippen molar-refractivity contribution in [1.82, 2.24) is 20.5 Å². The molecule has 1 aliphatic rings. The number of anilines is 1. The standard InChI is InChI=1S/C12H12FN5O/c13-7-1-2-10(15-5-7)16-12(19)11-8-6-14-4-3-9(8)17-18-11/h1-2,5,14H,3-4,6H2,(H,17,18)(H,15,16,19). The molecule has 6 nitrogen and oxygen atoms in total. The van der Waals surface area contributed by atoms with Crippen molar-refractivity contribution in [3.63, 3.8) is 0 Å². The zero-order chi connectivity index (χ0) is 13.2. The smallest absolute Gasteiger partial charge is 0.277 e. The van der Waals surface area contributed by atoms with Crippen LogP contribution in [-0.4, -0.2) is 27.6 Å². The molecule has 1 aliphatic heterocycles. The first kappa shape index (κ1) is 11.8. The van der Waals surface area contributed by atoms with Crippen LogP contribution in [0.1, 0.15) is 21.7 Å². The van der Waals surface area contributed by atoms with Crippen LogP contribution in [0.25, 0.3) is 0 Å². The molecular formula is C12H12FN5O. The van der Waals surface area contributed by atoms with E-state index in [1.165, 1.54) is 12.1 Å². The molecule has 0 atom stereocenters. The summed E-state index contributed by atoms with van der Waals surface area (Å²) in [6, 6.07) is 2.65. The molecule has 0 unspecified atom stereocenters. The van der Waals surface area contributed by atoms with E-state index in [4.69, 9.17) is 0 Å². The van der Waals surface area contributed by atoms with E-state index in [9.17, 15) is 9.18 Å². The van der Waals surface area contributed by atoms with Crippen LogP contribution in [0.15, 0.2) is 18.3 Å². The highest BCUT2D eigenvalue weighted by atomic mass is 19.1. The Bertz CT molecular complexity index is 607. The number of carbonyl (C=O) groups excluding carboxylic acids is 1. The van der Waals surface area contributed by atoms with Gasteiger partial charge in [-0.2, -0.15) is 5.10 Å². The summed E-state index contributed by atoms with van der Waals surface area (Å²) in [5, 5.41) is 12.7. The number of halogens is 1. The molecule has 98 valence electrons. The van der Waals surface area contributed by atoms with Gasteiger partial charge in [-0.3, -0.25) is 9.89 Å². The van der Waals surface area contributed by atoms with Crippen LogP contribution in [0.5, 0.6) is 0 Å². The van der Waals surface area contributed by atoms with Crippen molar-refractivity contribution in [2.24, 2.45) is 0 Å². The Morgan fingerprint density at radius 1 is 1.42 bits per heavy atom. The molecule has 3 N–H and O–H groups in total. The number of nitrogens with one attached hydrogen (secondary N) is 3. The molecular weight excluding hydrogens is 249 g/mol. The highest BCUT2D eigenvalue weighted by molar-refractivity contribution is 6.03. The number of fused-ring (bicyclic) bond motifs is 1. The lowest BCUT2D eigenvalue weighted by Gasteiger charge is -2.12. The van der Waals surface area contributed by atoms with Crippen LogP contribution >= 0.6 is 0 Å². The van der Waals surface area contributed by atoms with Gasteiger partial charge in [-0.1, -0.05) is 0 Å². The molecule has 2 aromatic heterocycles. The Balaban J connectivity index is 1.80. The molecule has 3 heterocycles. The Kier molecular flexibility index (Phi) is 2.96. The summed E-state index contributed by atoms with van der Waals surface area (Å²) < 4.78 is 12.7. The molecule has 0 spiro atoms. The molecule has 0 saturated carbocycles. The summed E-state index contributed by atoms with van der Waals surface area (Å²) in [7, 11) is 0. The topological polar surface area (TPSA) is 82.7 Å². The number of rotatable bonds is 2. The zero-order valence-corrected chi connectivity index (χ0v) is 10.0. The summed E-state index contributed by atoms with van der Waals surface area (Å²) in [6.45, 7) is 1.49. The molecule has 2 aromatic rings. The molecule has 0 saturated heterocycles. The fourth-order valence-electron chi connectivity index (χ4n) is 2.04. The van der Waals surface area contributed by atoms with E-state index >= 15 is 0 Å². The summed E-state index contributed by atoms with van der Waals surface area (Å²) in [5.41, 5.74) is 2.22. The molecule has 0 bridgehead atoms. The lowest BCUT2D eigenvalue weighted by atomic mass is 10.1. The minimum Gasteiger partial charge on any atom is -0.312 e. The van der Waals surface area contributed by atoms with Gasteiger partial charge in [-0.15, -0.1) is 0 Å². The second-order valence-corrected chi connectivity index (χ2v) is 4.27. The summed E-state index contributed by atoms with van der Waals surface area (Å²) in [6.07, 6.45) is 1.88. The second kappa shape index (κ2) is 4.77. The van der Waals surface area contributed by atoms with Crippen molar-refractivity contribution in [1.29, 1.82) is 0 Å². The number of aromatic amines is 1. The van der Waals surface area contributed by atoms with E-state index in [2.05, 4.69) is 25.8 Å². The van der Waals surface area contributed by atoms with E-state index < -0.39 is 5.82 Å². The van der Waals surface area contributed by atoms with E-state index in [1.807, 2.05) is 0 Å². The van der Waals surface area contributed by atoms with Gasteiger partial charge >= 0.3 is 0 Å². The predicted octanol–water partition coefficient (Wildman–Crippen LogP) is 0.842. The van der Waals surface area contributed by atoms with Crippen molar-refractivity contribution in [3.05, 3.63) is 41.1 Å². The van der Waals surface area contributed by atoms with Crippen LogP contribution in [-0.2, 0) is 13.0 Å². The van der Waals surface area contributed by atoms with Gasteiger partial charge in [-0.25, -0.2) is 9.37 Å². The number of nitrogens with zero attached hydrogens (tertiary/aromatic N) is 2. The highest BCUT2D eigenvalue weighted by Crippen LogP contribution is 2.16. The second-order valence-electron chi connectivity index (χ2n) is 4.27. The summed E-state index contributed by atoms with van der Waals surface area (Å²) in [5.74, 6) is -0.494. The minimum absolute atomic E-state index is 0.298. The molecule has 1 amide bonds. The fourth-order valence-corrected chi connectivity index (χ4v) is 2.04. The van der Waals surface area contributed by atoms with Gasteiger partial charge in [0.25, 0.3) is 5.91 Å². The third kappa shape index (κ3) is 2.32. The van der Waals surface area contributed by atoms with E-state index in [1.54, 1.807) is 0 Å². The first-order chi connectivity index (χ1) is 9.24. The van der Waals surface area contributed by atoms with Gasteiger partial charge in [-0.05, 0) is 12.1 Å². The van der Waals surface area contributed by atoms with Crippen molar-refractivity contribution >= 4 is 11.7 Å². The number of aromatic nitrogens is 3. The maximum absolute atomic E-state index is 12.7. The third-order valence-corrected chi connectivity index (χ3v) is 2.99. The maximum atomic E-state index is 12.7.